The summed E-state index contributed by atoms with van der Waals surface area (Å²) >= 11 is 1.81. The van der Waals surface area contributed by atoms with Crippen LogP contribution in [-0.2, 0) is 17.8 Å². The van der Waals surface area contributed by atoms with Gasteiger partial charge in [0.15, 0.2) is 0 Å². The summed E-state index contributed by atoms with van der Waals surface area (Å²) in [5.74, 6) is 0.226. The highest BCUT2D eigenvalue weighted by atomic mass is 32.1. The molecule has 0 fully saturated rings. The molecule has 4 heteroatoms. The molecule has 0 aliphatic carbocycles. The lowest BCUT2D eigenvalue weighted by Gasteiger charge is -2.28. The predicted molar refractivity (Wildman–Crippen MR) is 80.4 cm³/mol. The van der Waals surface area contributed by atoms with E-state index in [2.05, 4.69) is 37.5 Å². The zero-order valence-corrected chi connectivity index (χ0v) is 13.0. The number of hydrogen-bond donors (Lipinski definition) is 1. The molecule has 1 aromatic heterocycles. The number of carbonyl (C=O) groups is 1. The molecule has 0 aromatic carbocycles. The summed E-state index contributed by atoms with van der Waals surface area (Å²) in [5.41, 5.74) is 1.60. The fourth-order valence-corrected chi connectivity index (χ4v) is 3.10. The van der Waals surface area contributed by atoms with Crippen LogP contribution in [-0.4, -0.2) is 30.4 Å². The second kappa shape index (κ2) is 6.06. The molecule has 2 rings (SSSR count). The second-order valence-electron chi connectivity index (χ2n) is 6.06. The molecule has 3 nitrogen and oxygen atoms in total. The average molecular weight is 280 g/mol. The third-order valence-corrected chi connectivity index (χ3v) is 5.02. The Kier molecular flexibility index (Phi) is 4.63. The molecule has 0 unspecified atom stereocenters. The molecule has 0 saturated carbocycles. The lowest BCUT2D eigenvalue weighted by molar-refractivity contribution is -0.131. The Morgan fingerprint density at radius 2 is 2.32 bits per heavy atom. The van der Waals surface area contributed by atoms with Crippen LogP contribution in [0.4, 0.5) is 0 Å². The zero-order valence-electron chi connectivity index (χ0n) is 12.2. The van der Waals surface area contributed by atoms with E-state index >= 15 is 0 Å². The number of amides is 1. The van der Waals surface area contributed by atoms with Crippen molar-refractivity contribution in [2.24, 2.45) is 5.41 Å². The molecular weight excluding hydrogens is 256 g/mol. The van der Waals surface area contributed by atoms with E-state index in [0.717, 1.165) is 32.5 Å². The lowest BCUT2D eigenvalue weighted by Crippen LogP contribution is -2.42. The summed E-state index contributed by atoms with van der Waals surface area (Å²) in [4.78, 5) is 15.6. The van der Waals surface area contributed by atoms with E-state index in [1.807, 2.05) is 16.2 Å². The smallest absolute Gasteiger partial charge is 0.236 e. The number of fused-ring (bicyclic) bond motifs is 1. The molecule has 106 valence electrons. The SMILES string of the molecule is CCC(C)(C)CNCC(=O)N1CCc2sccc2C1. The molecular formula is C15H24N2OS. The maximum absolute atomic E-state index is 12.2. The third kappa shape index (κ3) is 3.80. The van der Waals surface area contributed by atoms with Gasteiger partial charge in [-0.2, -0.15) is 0 Å². The van der Waals surface area contributed by atoms with E-state index in [1.165, 1.54) is 10.4 Å². The zero-order chi connectivity index (χ0) is 13.9. The molecule has 1 aliphatic rings. The van der Waals surface area contributed by atoms with Gasteiger partial charge in [-0.15, -0.1) is 11.3 Å². The van der Waals surface area contributed by atoms with Gasteiger partial charge in [-0.05, 0) is 35.3 Å². The van der Waals surface area contributed by atoms with E-state index in [-0.39, 0.29) is 11.3 Å². The van der Waals surface area contributed by atoms with Gasteiger partial charge in [-0.1, -0.05) is 20.8 Å². The molecule has 0 spiro atoms. The van der Waals surface area contributed by atoms with Gasteiger partial charge in [-0.3, -0.25) is 4.79 Å². The normalized spacial score (nSPS) is 15.4. The highest BCUT2D eigenvalue weighted by molar-refractivity contribution is 7.10. The van der Waals surface area contributed by atoms with Crippen molar-refractivity contribution in [1.82, 2.24) is 10.2 Å². The summed E-state index contributed by atoms with van der Waals surface area (Å²) in [5, 5.41) is 5.43. The Labute approximate surface area is 120 Å². The molecule has 0 bridgehead atoms. The molecule has 1 aliphatic heterocycles. The first-order valence-corrected chi connectivity index (χ1v) is 7.93. The van der Waals surface area contributed by atoms with Crippen LogP contribution in [0.2, 0.25) is 0 Å². The van der Waals surface area contributed by atoms with Gasteiger partial charge in [0.25, 0.3) is 0 Å². The average Bonchev–Trinajstić information content (AvgIpc) is 2.85. The van der Waals surface area contributed by atoms with Gasteiger partial charge in [0.1, 0.15) is 0 Å². The Bertz CT molecular complexity index is 439. The topological polar surface area (TPSA) is 32.3 Å². The maximum Gasteiger partial charge on any atom is 0.236 e. The van der Waals surface area contributed by atoms with E-state index in [1.54, 1.807) is 0 Å². The van der Waals surface area contributed by atoms with Crippen molar-refractivity contribution >= 4 is 17.2 Å². The van der Waals surface area contributed by atoms with Gasteiger partial charge in [0.05, 0.1) is 6.54 Å². The fourth-order valence-electron chi connectivity index (χ4n) is 2.21. The third-order valence-electron chi connectivity index (χ3n) is 4.00. The number of carbonyl (C=O) groups excluding carboxylic acids is 1. The van der Waals surface area contributed by atoms with Gasteiger partial charge in [0.2, 0.25) is 5.91 Å². The van der Waals surface area contributed by atoms with Gasteiger partial charge in [0, 0.05) is 24.5 Å². The van der Waals surface area contributed by atoms with Crippen molar-refractivity contribution in [3.05, 3.63) is 21.9 Å². The molecule has 19 heavy (non-hydrogen) atoms. The molecule has 0 atom stereocenters. The minimum atomic E-state index is 0.226. The predicted octanol–water partition coefficient (Wildman–Crippen LogP) is 2.66. The van der Waals surface area contributed by atoms with Crippen LogP contribution in [0.5, 0.6) is 0 Å². The van der Waals surface area contributed by atoms with Gasteiger partial charge < -0.3 is 10.2 Å². The van der Waals surface area contributed by atoms with Crippen molar-refractivity contribution < 1.29 is 4.79 Å². The summed E-state index contributed by atoms with van der Waals surface area (Å²) in [7, 11) is 0. The number of hydrogen-bond acceptors (Lipinski definition) is 3. The van der Waals surface area contributed by atoms with Crippen molar-refractivity contribution in [3.8, 4) is 0 Å². The highest BCUT2D eigenvalue weighted by Crippen LogP contribution is 2.24. The largest absolute Gasteiger partial charge is 0.337 e. The molecule has 1 aromatic rings. The van der Waals surface area contributed by atoms with Crippen molar-refractivity contribution in [2.45, 2.75) is 40.2 Å². The van der Waals surface area contributed by atoms with Gasteiger partial charge in [-0.25, -0.2) is 0 Å². The Morgan fingerprint density at radius 3 is 3.05 bits per heavy atom. The van der Waals surface area contributed by atoms with Crippen LogP contribution in [0, 0.1) is 5.41 Å². The standard InChI is InChI=1S/C15H24N2OS/c1-4-15(2,3)11-16-9-14(18)17-7-5-13-12(10-17)6-8-19-13/h6,8,16H,4-5,7,9-11H2,1-3H3. The van der Waals surface area contributed by atoms with Crippen molar-refractivity contribution in [1.29, 1.82) is 0 Å². The number of rotatable bonds is 5. The minimum absolute atomic E-state index is 0.226. The summed E-state index contributed by atoms with van der Waals surface area (Å²) < 4.78 is 0. The van der Waals surface area contributed by atoms with Crippen LogP contribution in [0.1, 0.15) is 37.6 Å². The number of nitrogens with zero attached hydrogens (tertiary/aromatic N) is 1. The number of thiophene rings is 1. The summed E-state index contributed by atoms with van der Waals surface area (Å²) in [6, 6.07) is 2.15. The van der Waals surface area contributed by atoms with E-state index < -0.39 is 0 Å². The van der Waals surface area contributed by atoms with Crippen LogP contribution in [0.3, 0.4) is 0 Å². The maximum atomic E-state index is 12.2. The molecule has 1 N–H and O–H groups in total. The van der Waals surface area contributed by atoms with Crippen LogP contribution in [0.15, 0.2) is 11.4 Å². The van der Waals surface area contributed by atoms with Crippen molar-refractivity contribution in [2.75, 3.05) is 19.6 Å². The summed E-state index contributed by atoms with van der Waals surface area (Å²) in [6.45, 7) is 9.65. The van der Waals surface area contributed by atoms with Crippen LogP contribution >= 0.6 is 11.3 Å². The highest BCUT2D eigenvalue weighted by Gasteiger charge is 2.22. The number of nitrogens with one attached hydrogen (secondary N) is 1. The van der Waals surface area contributed by atoms with Crippen LogP contribution < -0.4 is 5.32 Å². The second-order valence-corrected chi connectivity index (χ2v) is 7.06. The van der Waals surface area contributed by atoms with Crippen LogP contribution in [0.25, 0.3) is 0 Å². The molecule has 0 saturated heterocycles. The van der Waals surface area contributed by atoms with E-state index in [4.69, 9.17) is 0 Å². The first-order chi connectivity index (χ1) is 9.02. The molecule has 0 radical (unpaired) electrons. The van der Waals surface area contributed by atoms with Crippen molar-refractivity contribution in [3.63, 3.8) is 0 Å². The quantitative estimate of drug-likeness (QED) is 0.899. The Morgan fingerprint density at radius 1 is 1.53 bits per heavy atom. The Balaban J connectivity index is 1.79. The summed E-state index contributed by atoms with van der Waals surface area (Å²) in [6.07, 6.45) is 2.13. The minimum Gasteiger partial charge on any atom is -0.337 e. The monoisotopic (exact) mass is 280 g/mol. The first-order valence-electron chi connectivity index (χ1n) is 7.05. The van der Waals surface area contributed by atoms with E-state index in [9.17, 15) is 4.79 Å². The molecule has 1 amide bonds. The van der Waals surface area contributed by atoms with E-state index in [0.29, 0.717) is 6.54 Å². The first kappa shape index (κ1) is 14.5. The van der Waals surface area contributed by atoms with Gasteiger partial charge >= 0.3 is 0 Å². The Hall–Kier alpha value is -0.870. The fraction of sp³-hybridized carbons (Fsp3) is 0.667. The lowest BCUT2D eigenvalue weighted by atomic mass is 9.90. The molecule has 2 heterocycles.